The van der Waals surface area contributed by atoms with E-state index in [1.165, 1.54) is 6.08 Å². The van der Waals surface area contributed by atoms with Gasteiger partial charge in [0.15, 0.2) is 0 Å². The van der Waals surface area contributed by atoms with Crippen LogP contribution in [0.1, 0.15) is 32.1 Å². The summed E-state index contributed by atoms with van der Waals surface area (Å²) in [5.74, 6) is -0.512. The number of carbonyl (C=O) groups is 3. The first-order chi connectivity index (χ1) is 13.9. The Balaban J connectivity index is 1.66. The summed E-state index contributed by atoms with van der Waals surface area (Å²) in [7, 11) is 0. The molecular weight excluding hydrogens is 413 g/mol. The van der Waals surface area contributed by atoms with Gasteiger partial charge >= 0.3 is 0 Å². The number of nitrogens with zero attached hydrogens (tertiary/aromatic N) is 2. The molecule has 29 heavy (non-hydrogen) atoms. The van der Waals surface area contributed by atoms with E-state index in [4.69, 9.17) is 23.2 Å². The normalized spacial score (nSPS) is 20.3. The molecule has 1 aromatic rings. The van der Waals surface area contributed by atoms with Crippen LogP contribution < -0.4 is 5.32 Å². The summed E-state index contributed by atoms with van der Waals surface area (Å²) in [4.78, 5) is 41.2. The summed E-state index contributed by atoms with van der Waals surface area (Å²) in [6.07, 6.45) is 4.90. The fourth-order valence-corrected chi connectivity index (χ4v) is 4.44. The lowest BCUT2D eigenvalue weighted by molar-refractivity contribution is -0.146. The summed E-state index contributed by atoms with van der Waals surface area (Å²) in [6.45, 7) is 5.15. The Labute approximate surface area is 180 Å². The van der Waals surface area contributed by atoms with Crippen LogP contribution in [0.4, 0.5) is 5.69 Å². The van der Waals surface area contributed by atoms with Gasteiger partial charge in [-0.1, -0.05) is 29.8 Å². The average molecular weight is 438 g/mol. The molecule has 2 saturated heterocycles. The van der Waals surface area contributed by atoms with Gasteiger partial charge in [0.05, 0.1) is 10.7 Å². The van der Waals surface area contributed by atoms with E-state index in [1.807, 2.05) is 0 Å². The first kappa shape index (κ1) is 21.7. The number of carbonyl (C=O) groups excluding carboxylic acids is 3. The van der Waals surface area contributed by atoms with E-state index >= 15 is 0 Å². The summed E-state index contributed by atoms with van der Waals surface area (Å²) < 4.78 is 0. The minimum atomic E-state index is -0.518. The molecule has 2 fully saturated rings. The maximum atomic E-state index is 13.2. The number of hydrogen-bond donors (Lipinski definition) is 1. The van der Waals surface area contributed by atoms with Crippen molar-refractivity contribution in [1.82, 2.24) is 9.80 Å². The molecule has 1 atom stereocenters. The molecule has 2 heterocycles. The van der Waals surface area contributed by atoms with Gasteiger partial charge in [-0.05, 0) is 56.4 Å². The van der Waals surface area contributed by atoms with Crippen LogP contribution in [-0.2, 0) is 14.4 Å². The van der Waals surface area contributed by atoms with Crippen LogP contribution in [0, 0.1) is 5.92 Å². The summed E-state index contributed by atoms with van der Waals surface area (Å²) in [5.41, 5.74) is 0.482. The average Bonchev–Trinajstić information content (AvgIpc) is 2.74. The fraction of sp³-hybridized carbons (Fsp3) is 0.476. The van der Waals surface area contributed by atoms with Crippen molar-refractivity contribution < 1.29 is 14.4 Å². The van der Waals surface area contributed by atoms with Crippen LogP contribution in [0.15, 0.2) is 30.9 Å². The smallest absolute Gasteiger partial charge is 0.247 e. The zero-order valence-corrected chi connectivity index (χ0v) is 17.7. The molecular formula is C21H25Cl2N3O3. The molecule has 6 nitrogen and oxygen atoms in total. The van der Waals surface area contributed by atoms with Gasteiger partial charge in [0, 0.05) is 30.6 Å². The highest BCUT2D eigenvalue weighted by atomic mass is 35.5. The molecule has 3 rings (SSSR count). The van der Waals surface area contributed by atoms with E-state index in [9.17, 15) is 14.4 Å². The SMILES string of the molecule is C=CC(=O)N1CCC(C(=O)N2CCCCC2C(=O)Nc2ccc(Cl)cc2Cl)CC1. The number of likely N-dealkylation sites (tertiary alicyclic amines) is 2. The lowest BCUT2D eigenvalue weighted by atomic mass is 9.92. The molecule has 0 bridgehead atoms. The van der Waals surface area contributed by atoms with Gasteiger partial charge in [-0.15, -0.1) is 0 Å². The molecule has 0 aromatic heterocycles. The van der Waals surface area contributed by atoms with Crippen LogP contribution in [0.25, 0.3) is 0 Å². The maximum Gasteiger partial charge on any atom is 0.247 e. The van der Waals surface area contributed by atoms with Crippen molar-refractivity contribution in [3.8, 4) is 0 Å². The Hall–Kier alpha value is -2.05. The van der Waals surface area contributed by atoms with E-state index in [0.717, 1.165) is 12.8 Å². The Kier molecular flexibility index (Phi) is 7.19. The van der Waals surface area contributed by atoms with Gasteiger partial charge in [-0.25, -0.2) is 0 Å². The van der Waals surface area contributed by atoms with Crippen molar-refractivity contribution in [3.05, 3.63) is 40.9 Å². The van der Waals surface area contributed by atoms with Crippen LogP contribution in [-0.4, -0.2) is 53.2 Å². The molecule has 0 saturated carbocycles. The van der Waals surface area contributed by atoms with Gasteiger partial charge < -0.3 is 15.1 Å². The predicted octanol–water partition coefficient (Wildman–Crippen LogP) is 3.74. The zero-order valence-electron chi connectivity index (χ0n) is 16.2. The lowest BCUT2D eigenvalue weighted by Gasteiger charge is -2.39. The van der Waals surface area contributed by atoms with E-state index in [-0.39, 0.29) is 23.6 Å². The Bertz CT molecular complexity index is 806. The first-order valence-electron chi connectivity index (χ1n) is 9.88. The molecule has 3 amide bonds. The maximum absolute atomic E-state index is 13.2. The van der Waals surface area contributed by atoms with Gasteiger partial charge in [0.2, 0.25) is 17.7 Å². The lowest BCUT2D eigenvalue weighted by Crippen LogP contribution is -2.53. The third-order valence-electron chi connectivity index (χ3n) is 5.61. The van der Waals surface area contributed by atoms with Crippen molar-refractivity contribution in [1.29, 1.82) is 0 Å². The monoisotopic (exact) mass is 437 g/mol. The largest absolute Gasteiger partial charge is 0.339 e. The van der Waals surface area contributed by atoms with Gasteiger partial charge in [-0.2, -0.15) is 0 Å². The quantitative estimate of drug-likeness (QED) is 0.729. The standard InChI is InChI=1S/C21H25Cl2N3O3/c1-2-19(27)25-11-8-14(9-12-25)21(29)26-10-4-3-5-18(26)20(28)24-17-7-6-15(22)13-16(17)23/h2,6-7,13-14,18H,1,3-5,8-12H2,(H,24,28). The molecule has 1 unspecified atom stereocenters. The predicted molar refractivity (Wildman–Crippen MR) is 114 cm³/mol. The Morgan fingerprint density at radius 3 is 2.45 bits per heavy atom. The topological polar surface area (TPSA) is 69.7 Å². The highest BCUT2D eigenvalue weighted by Crippen LogP contribution is 2.28. The van der Waals surface area contributed by atoms with Crippen LogP contribution in [0.2, 0.25) is 10.0 Å². The minimum Gasteiger partial charge on any atom is -0.339 e. The molecule has 1 N–H and O–H groups in total. The first-order valence-corrected chi connectivity index (χ1v) is 10.6. The second kappa shape index (κ2) is 9.63. The van der Waals surface area contributed by atoms with Crippen molar-refractivity contribution >= 4 is 46.6 Å². The third kappa shape index (κ3) is 5.11. The molecule has 156 valence electrons. The van der Waals surface area contributed by atoms with Crippen LogP contribution >= 0.6 is 23.2 Å². The number of piperidine rings is 2. The van der Waals surface area contributed by atoms with Crippen molar-refractivity contribution in [2.75, 3.05) is 25.0 Å². The second-order valence-electron chi connectivity index (χ2n) is 7.46. The highest BCUT2D eigenvalue weighted by Gasteiger charge is 2.37. The number of halogens is 2. The molecule has 8 heteroatoms. The summed E-state index contributed by atoms with van der Waals surface area (Å²) >= 11 is 12.1. The number of anilines is 1. The molecule has 0 aliphatic carbocycles. The van der Waals surface area contributed by atoms with E-state index in [1.54, 1.807) is 28.0 Å². The van der Waals surface area contributed by atoms with Crippen molar-refractivity contribution in [3.63, 3.8) is 0 Å². The summed E-state index contributed by atoms with van der Waals surface area (Å²) in [6, 6.07) is 4.37. The highest BCUT2D eigenvalue weighted by molar-refractivity contribution is 6.36. The molecule has 0 spiro atoms. The molecule has 2 aliphatic heterocycles. The fourth-order valence-electron chi connectivity index (χ4n) is 3.99. The minimum absolute atomic E-state index is 0.00208. The Morgan fingerprint density at radius 1 is 1.07 bits per heavy atom. The van der Waals surface area contributed by atoms with Gasteiger partial charge in [0.25, 0.3) is 0 Å². The van der Waals surface area contributed by atoms with Crippen molar-refractivity contribution in [2.24, 2.45) is 5.92 Å². The second-order valence-corrected chi connectivity index (χ2v) is 8.30. The molecule has 0 radical (unpaired) electrons. The Morgan fingerprint density at radius 2 is 1.79 bits per heavy atom. The zero-order chi connectivity index (χ0) is 21.0. The number of rotatable bonds is 4. The van der Waals surface area contributed by atoms with E-state index in [2.05, 4.69) is 11.9 Å². The van der Waals surface area contributed by atoms with Crippen molar-refractivity contribution in [2.45, 2.75) is 38.1 Å². The number of nitrogens with one attached hydrogen (secondary N) is 1. The van der Waals surface area contributed by atoms with Gasteiger partial charge in [0.1, 0.15) is 6.04 Å². The van der Waals surface area contributed by atoms with E-state index < -0.39 is 6.04 Å². The molecule has 2 aliphatic rings. The van der Waals surface area contributed by atoms with E-state index in [0.29, 0.717) is 54.6 Å². The number of benzene rings is 1. The van der Waals surface area contributed by atoms with Crippen LogP contribution in [0.5, 0.6) is 0 Å². The number of amides is 3. The third-order valence-corrected chi connectivity index (χ3v) is 6.16. The summed E-state index contributed by atoms with van der Waals surface area (Å²) in [5, 5.41) is 3.69. The number of hydrogen-bond acceptors (Lipinski definition) is 3. The molecule has 1 aromatic carbocycles. The van der Waals surface area contributed by atoms with Crippen LogP contribution in [0.3, 0.4) is 0 Å². The van der Waals surface area contributed by atoms with Gasteiger partial charge in [-0.3, -0.25) is 14.4 Å².